The molecule has 0 unspecified atom stereocenters. The van der Waals surface area contributed by atoms with E-state index in [0.29, 0.717) is 19.3 Å². The molecular weight excluding hydrogens is 685 g/mol. The molecule has 0 fully saturated rings. The number of allylic oxidation sites excluding steroid dienone is 4. The Labute approximate surface area is 341 Å². The van der Waals surface area contributed by atoms with Crippen LogP contribution in [0.1, 0.15) is 252 Å². The minimum absolute atomic E-state index is 0.0734. The molecule has 0 aliphatic heterocycles. The standard InChI is InChI=1S/C49H90O6/c1-4-7-10-13-16-19-21-22-23-24-25-26-28-30-33-36-39-42-48(51)54-45-46(44-53-47(50)41-38-35-32-29-18-15-12-9-6-3)55-49(52)43-40-37-34-31-27-20-17-14-11-8-5-2/h14,17,22-23,46H,4-13,15-16,18-21,24-45H2,1-3H3/b17-14-,23-22-/t46-/m1/s1. The van der Waals surface area contributed by atoms with Crippen LogP contribution in [0.15, 0.2) is 24.3 Å². The Kier molecular flexibility index (Phi) is 42.9. The maximum atomic E-state index is 12.7. The summed E-state index contributed by atoms with van der Waals surface area (Å²) in [6.45, 7) is 6.57. The third-order valence-electron chi connectivity index (χ3n) is 10.4. The van der Waals surface area contributed by atoms with Gasteiger partial charge in [-0.3, -0.25) is 14.4 Å². The Morgan fingerprint density at radius 2 is 0.618 bits per heavy atom. The zero-order valence-electron chi connectivity index (χ0n) is 36.7. The summed E-state index contributed by atoms with van der Waals surface area (Å²) in [6, 6.07) is 0. The number of rotatable bonds is 43. The average molecular weight is 775 g/mol. The average Bonchev–Trinajstić information content (AvgIpc) is 3.18. The van der Waals surface area contributed by atoms with Crippen LogP contribution < -0.4 is 0 Å². The molecule has 0 saturated carbocycles. The minimum Gasteiger partial charge on any atom is -0.462 e. The maximum Gasteiger partial charge on any atom is 0.306 e. The number of esters is 3. The van der Waals surface area contributed by atoms with Crippen LogP contribution in [0.5, 0.6) is 0 Å². The molecule has 6 heteroatoms. The molecule has 1 atom stereocenters. The van der Waals surface area contributed by atoms with Crippen molar-refractivity contribution in [1.29, 1.82) is 0 Å². The van der Waals surface area contributed by atoms with Gasteiger partial charge in [-0.15, -0.1) is 0 Å². The first-order chi connectivity index (χ1) is 27.0. The predicted octanol–water partition coefficient (Wildman–Crippen LogP) is 15.2. The second-order valence-electron chi connectivity index (χ2n) is 16.0. The highest BCUT2D eigenvalue weighted by atomic mass is 16.6. The van der Waals surface area contributed by atoms with Gasteiger partial charge in [-0.05, 0) is 64.2 Å². The molecule has 0 heterocycles. The molecule has 6 nitrogen and oxygen atoms in total. The van der Waals surface area contributed by atoms with E-state index in [1.54, 1.807) is 0 Å². The first-order valence-electron chi connectivity index (χ1n) is 23.8. The quantitative estimate of drug-likeness (QED) is 0.0266. The van der Waals surface area contributed by atoms with Crippen LogP contribution in [0.4, 0.5) is 0 Å². The van der Waals surface area contributed by atoms with E-state index in [1.807, 2.05) is 0 Å². The summed E-state index contributed by atoms with van der Waals surface area (Å²) in [5.41, 5.74) is 0. The van der Waals surface area contributed by atoms with Gasteiger partial charge in [0.25, 0.3) is 0 Å². The van der Waals surface area contributed by atoms with Crippen LogP contribution in [0.25, 0.3) is 0 Å². The summed E-state index contributed by atoms with van der Waals surface area (Å²) in [6.07, 6.45) is 48.8. The SMILES string of the molecule is CCCC/C=C\CCCCCCCC(=O)O[C@@H](COC(=O)CCCCCCCCC/C=C\CCCCCCCC)COC(=O)CCCCCCCCCCC. The summed E-state index contributed by atoms with van der Waals surface area (Å²) in [4.78, 5) is 37.7. The van der Waals surface area contributed by atoms with E-state index in [-0.39, 0.29) is 31.1 Å². The Balaban J connectivity index is 4.29. The Morgan fingerprint density at radius 1 is 0.345 bits per heavy atom. The van der Waals surface area contributed by atoms with Gasteiger partial charge in [0.2, 0.25) is 0 Å². The molecule has 0 radical (unpaired) electrons. The van der Waals surface area contributed by atoms with E-state index in [2.05, 4.69) is 45.1 Å². The van der Waals surface area contributed by atoms with Gasteiger partial charge in [-0.2, -0.15) is 0 Å². The summed E-state index contributed by atoms with van der Waals surface area (Å²) >= 11 is 0. The van der Waals surface area contributed by atoms with Gasteiger partial charge in [0.1, 0.15) is 13.2 Å². The molecular formula is C49H90O6. The molecule has 0 saturated heterocycles. The number of carbonyl (C=O) groups excluding carboxylic acids is 3. The molecule has 322 valence electrons. The molecule has 0 N–H and O–H groups in total. The minimum atomic E-state index is -0.770. The van der Waals surface area contributed by atoms with E-state index in [9.17, 15) is 14.4 Å². The first kappa shape index (κ1) is 52.9. The molecule has 0 spiro atoms. The highest BCUT2D eigenvalue weighted by molar-refractivity contribution is 5.71. The molecule has 0 aliphatic rings. The van der Waals surface area contributed by atoms with Crippen molar-refractivity contribution in [3.05, 3.63) is 24.3 Å². The van der Waals surface area contributed by atoms with Crippen molar-refractivity contribution < 1.29 is 28.6 Å². The third kappa shape index (κ3) is 42.9. The number of carbonyl (C=O) groups is 3. The zero-order chi connectivity index (χ0) is 40.1. The Morgan fingerprint density at radius 3 is 0.964 bits per heavy atom. The maximum absolute atomic E-state index is 12.7. The van der Waals surface area contributed by atoms with Crippen LogP contribution >= 0.6 is 0 Å². The van der Waals surface area contributed by atoms with Gasteiger partial charge in [-0.1, -0.05) is 193 Å². The van der Waals surface area contributed by atoms with Crippen molar-refractivity contribution in [2.45, 2.75) is 258 Å². The van der Waals surface area contributed by atoms with Gasteiger partial charge in [0, 0.05) is 19.3 Å². The monoisotopic (exact) mass is 775 g/mol. The van der Waals surface area contributed by atoms with Crippen molar-refractivity contribution in [2.75, 3.05) is 13.2 Å². The number of hydrogen-bond donors (Lipinski definition) is 0. The van der Waals surface area contributed by atoms with E-state index >= 15 is 0 Å². The summed E-state index contributed by atoms with van der Waals surface area (Å²) in [5.74, 6) is -0.885. The Bertz CT molecular complexity index is 896. The largest absolute Gasteiger partial charge is 0.462 e. The van der Waals surface area contributed by atoms with Crippen LogP contribution in [0, 0.1) is 0 Å². The van der Waals surface area contributed by atoms with Gasteiger partial charge in [0.05, 0.1) is 0 Å². The Hall–Kier alpha value is -2.11. The molecule has 0 aliphatic carbocycles. The van der Waals surface area contributed by atoms with Gasteiger partial charge in [-0.25, -0.2) is 0 Å². The highest BCUT2D eigenvalue weighted by Crippen LogP contribution is 2.14. The van der Waals surface area contributed by atoms with E-state index in [0.717, 1.165) is 70.6 Å². The molecule has 0 aromatic heterocycles. The molecule has 0 aromatic rings. The van der Waals surface area contributed by atoms with Crippen molar-refractivity contribution in [3.8, 4) is 0 Å². The summed E-state index contributed by atoms with van der Waals surface area (Å²) < 4.78 is 16.7. The van der Waals surface area contributed by atoms with Crippen molar-refractivity contribution in [2.24, 2.45) is 0 Å². The number of unbranched alkanes of at least 4 members (excludes halogenated alkanes) is 28. The fraction of sp³-hybridized carbons (Fsp3) is 0.857. The number of hydrogen-bond acceptors (Lipinski definition) is 6. The summed E-state index contributed by atoms with van der Waals surface area (Å²) in [7, 11) is 0. The molecule has 0 aromatic carbocycles. The van der Waals surface area contributed by atoms with Crippen LogP contribution in [-0.4, -0.2) is 37.2 Å². The fourth-order valence-corrected chi connectivity index (χ4v) is 6.77. The van der Waals surface area contributed by atoms with Gasteiger partial charge >= 0.3 is 17.9 Å². The topological polar surface area (TPSA) is 78.9 Å². The lowest BCUT2D eigenvalue weighted by Gasteiger charge is -2.18. The third-order valence-corrected chi connectivity index (χ3v) is 10.4. The second kappa shape index (κ2) is 44.6. The van der Waals surface area contributed by atoms with Gasteiger partial charge < -0.3 is 14.2 Å². The zero-order valence-corrected chi connectivity index (χ0v) is 36.7. The van der Waals surface area contributed by atoms with Crippen LogP contribution in [0.2, 0.25) is 0 Å². The van der Waals surface area contributed by atoms with E-state index < -0.39 is 6.10 Å². The highest BCUT2D eigenvalue weighted by Gasteiger charge is 2.19. The summed E-state index contributed by atoms with van der Waals surface area (Å²) in [5, 5.41) is 0. The van der Waals surface area contributed by atoms with E-state index in [1.165, 1.54) is 141 Å². The molecule has 0 bridgehead atoms. The molecule has 0 amide bonds. The second-order valence-corrected chi connectivity index (χ2v) is 16.0. The number of ether oxygens (including phenoxy) is 3. The fourth-order valence-electron chi connectivity index (χ4n) is 6.77. The lowest BCUT2D eigenvalue weighted by molar-refractivity contribution is -0.167. The lowest BCUT2D eigenvalue weighted by atomic mass is 10.1. The van der Waals surface area contributed by atoms with Crippen LogP contribution in [-0.2, 0) is 28.6 Å². The lowest BCUT2D eigenvalue weighted by Crippen LogP contribution is -2.30. The normalized spacial score (nSPS) is 12.1. The smallest absolute Gasteiger partial charge is 0.306 e. The van der Waals surface area contributed by atoms with Crippen molar-refractivity contribution in [3.63, 3.8) is 0 Å². The molecule has 55 heavy (non-hydrogen) atoms. The van der Waals surface area contributed by atoms with E-state index in [4.69, 9.17) is 14.2 Å². The van der Waals surface area contributed by atoms with Crippen molar-refractivity contribution in [1.82, 2.24) is 0 Å². The van der Waals surface area contributed by atoms with Gasteiger partial charge in [0.15, 0.2) is 6.10 Å². The predicted molar refractivity (Wildman–Crippen MR) is 233 cm³/mol. The molecule has 0 rings (SSSR count). The first-order valence-corrected chi connectivity index (χ1v) is 23.8. The van der Waals surface area contributed by atoms with Crippen molar-refractivity contribution >= 4 is 17.9 Å². The van der Waals surface area contributed by atoms with Crippen LogP contribution in [0.3, 0.4) is 0 Å².